The molecule has 11 heteroatoms. The number of nitrogens with one attached hydrogen (secondary N) is 2. The fourth-order valence-electron chi connectivity index (χ4n) is 5.79. The molecule has 3 rings (SSSR count). The molecule has 256 valence electrons. The monoisotopic (exact) mass is 665 g/mol. The van der Waals surface area contributed by atoms with Crippen LogP contribution in [-0.4, -0.2) is 88.4 Å². The third-order valence-corrected chi connectivity index (χ3v) is 9.73. The van der Waals surface area contributed by atoms with Crippen LogP contribution in [0.4, 0.5) is 0 Å². The maximum absolute atomic E-state index is 13.9. The van der Waals surface area contributed by atoms with E-state index in [1.807, 2.05) is 77.2 Å². The van der Waals surface area contributed by atoms with E-state index in [0.717, 1.165) is 37.8 Å². The lowest BCUT2D eigenvalue weighted by atomic mass is 9.94. The standard InChI is InChI=1S/C36H51N5O5S/c1-8-24(4)32(39-34(43)30-16-12-13-19-40(30)6)35(44)41(7)29(23(2)3)17-18-31-38-28(22-47-31)33(42)37-27(20-25(5)36(45)46)21-26-14-10-9-11-15-26/h9-11,14-15,17-18,20,22-24,27,29-30,32H,8,12-13,16,19,21H2,1-7H3,(H,37,42)(H,39,43)(H,45,46)/b18-17+,25-20+/t24-,27+,29+,30+,32-/m0/s1. The quantitative estimate of drug-likeness (QED) is 0.228. The topological polar surface area (TPSA) is 132 Å². The normalized spacial score (nSPS) is 18.4. The smallest absolute Gasteiger partial charge is 0.331 e. The van der Waals surface area contributed by atoms with Gasteiger partial charge < -0.3 is 20.6 Å². The Labute approximate surface area is 283 Å². The van der Waals surface area contributed by atoms with Gasteiger partial charge in [0.1, 0.15) is 16.7 Å². The second kappa shape index (κ2) is 17.9. The number of aliphatic carboxylic acids is 1. The first-order valence-corrected chi connectivity index (χ1v) is 17.4. The van der Waals surface area contributed by atoms with E-state index in [1.54, 1.807) is 23.4 Å². The summed E-state index contributed by atoms with van der Waals surface area (Å²) < 4.78 is 0. The number of aromatic nitrogens is 1. The number of carboxylic acids is 1. The molecule has 0 bridgehead atoms. The first-order chi connectivity index (χ1) is 22.3. The maximum Gasteiger partial charge on any atom is 0.331 e. The number of hydrogen-bond acceptors (Lipinski definition) is 7. The number of piperidine rings is 1. The highest BCUT2D eigenvalue weighted by Crippen LogP contribution is 2.21. The molecule has 0 spiro atoms. The molecule has 1 aliphatic rings. The van der Waals surface area contributed by atoms with Crippen LogP contribution in [0.15, 0.2) is 53.4 Å². The number of amides is 3. The van der Waals surface area contributed by atoms with E-state index in [-0.39, 0.29) is 47.0 Å². The van der Waals surface area contributed by atoms with E-state index in [1.165, 1.54) is 18.3 Å². The average Bonchev–Trinajstić information content (AvgIpc) is 3.52. The van der Waals surface area contributed by atoms with Gasteiger partial charge in [0, 0.05) is 18.0 Å². The first-order valence-electron chi connectivity index (χ1n) is 16.5. The second-order valence-electron chi connectivity index (χ2n) is 12.9. The Morgan fingerprint density at radius 3 is 2.45 bits per heavy atom. The van der Waals surface area contributed by atoms with Crippen LogP contribution in [0, 0.1) is 11.8 Å². The molecule has 0 aliphatic carbocycles. The van der Waals surface area contributed by atoms with Crippen molar-refractivity contribution in [2.45, 2.75) is 90.9 Å². The van der Waals surface area contributed by atoms with Gasteiger partial charge >= 0.3 is 5.97 Å². The molecule has 0 unspecified atom stereocenters. The van der Waals surface area contributed by atoms with Crippen LogP contribution < -0.4 is 10.6 Å². The Kier molecular flexibility index (Phi) is 14.3. The van der Waals surface area contributed by atoms with Gasteiger partial charge in [-0.05, 0) is 63.3 Å². The van der Waals surface area contributed by atoms with E-state index in [4.69, 9.17) is 0 Å². The maximum atomic E-state index is 13.9. The summed E-state index contributed by atoms with van der Waals surface area (Å²) in [5, 5.41) is 17.7. The molecule has 3 amide bonds. The van der Waals surface area contributed by atoms with E-state index >= 15 is 0 Å². The van der Waals surface area contributed by atoms with Crippen molar-refractivity contribution in [3.8, 4) is 0 Å². The summed E-state index contributed by atoms with van der Waals surface area (Å²) >= 11 is 1.31. The summed E-state index contributed by atoms with van der Waals surface area (Å²) in [6.07, 6.45) is 9.32. The summed E-state index contributed by atoms with van der Waals surface area (Å²) in [6.45, 7) is 10.5. The number of rotatable bonds is 15. The van der Waals surface area contributed by atoms with Crippen molar-refractivity contribution in [1.29, 1.82) is 0 Å². The second-order valence-corrected chi connectivity index (χ2v) is 13.8. The van der Waals surface area contributed by atoms with Crippen molar-refractivity contribution in [1.82, 2.24) is 25.4 Å². The molecule has 0 saturated carbocycles. The number of carboxylic acid groups (broad SMARTS) is 1. The molecule has 47 heavy (non-hydrogen) atoms. The number of likely N-dealkylation sites (tertiary alicyclic amines) is 1. The molecule has 1 aromatic heterocycles. The van der Waals surface area contributed by atoms with Gasteiger partial charge in [-0.3, -0.25) is 19.3 Å². The van der Waals surface area contributed by atoms with E-state index in [9.17, 15) is 24.3 Å². The minimum Gasteiger partial charge on any atom is -0.478 e. The minimum atomic E-state index is -1.05. The lowest BCUT2D eigenvalue weighted by molar-refractivity contribution is -0.140. The van der Waals surface area contributed by atoms with Crippen molar-refractivity contribution in [2.24, 2.45) is 11.8 Å². The van der Waals surface area contributed by atoms with E-state index < -0.39 is 24.0 Å². The fraction of sp³-hybridized carbons (Fsp3) is 0.528. The van der Waals surface area contributed by atoms with Gasteiger partial charge in [0.15, 0.2) is 0 Å². The van der Waals surface area contributed by atoms with Crippen molar-refractivity contribution < 1.29 is 24.3 Å². The lowest BCUT2D eigenvalue weighted by Crippen LogP contribution is -2.57. The predicted molar refractivity (Wildman–Crippen MR) is 187 cm³/mol. The van der Waals surface area contributed by atoms with Gasteiger partial charge in [0.25, 0.3) is 5.91 Å². The van der Waals surface area contributed by atoms with Crippen molar-refractivity contribution in [3.05, 3.63) is 69.7 Å². The molecule has 3 N–H and O–H groups in total. The number of carbonyl (C=O) groups excluding carboxylic acids is 3. The molecule has 5 atom stereocenters. The zero-order valence-corrected chi connectivity index (χ0v) is 29.5. The highest BCUT2D eigenvalue weighted by atomic mass is 32.1. The molecular formula is C36H51N5O5S. The molecule has 2 aromatic rings. The zero-order chi connectivity index (χ0) is 34.7. The highest BCUT2D eigenvalue weighted by Gasteiger charge is 2.35. The van der Waals surface area contributed by atoms with Crippen LogP contribution >= 0.6 is 11.3 Å². The lowest BCUT2D eigenvalue weighted by Gasteiger charge is -2.36. The SMILES string of the molecule is CC[C@H](C)[C@H](NC(=O)[C@H]1CCCCN1C)C(=O)N(C)[C@H](/C=C/c1nc(C(=O)N[C@H](/C=C(\C)C(=O)O)Cc2ccccc2)cs1)C(C)C. The summed E-state index contributed by atoms with van der Waals surface area (Å²) in [7, 11) is 3.73. The highest BCUT2D eigenvalue weighted by molar-refractivity contribution is 7.10. The summed E-state index contributed by atoms with van der Waals surface area (Å²) in [5.74, 6) is -1.65. The Bertz CT molecular complexity index is 1420. The molecule has 10 nitrogen and oxygen atoms in total. The minimum absolute atomic E-state index is 0.0422. The van der Waals surface area contributed by atoms with Crippen molar-refractivity contribution in [3.63, 3.8) is 0 Å². The largest absolute Gasteiger partial charge is 0.478 e. The molecular weight excluding hydrogens is 614 g/mol. The Hall–Kier alpha value is -3.83. The number of likely N-dealkylation sites (N-methyl/N-ethyl adjacent to an activating group) is 2. The van der Waals surface area contributed by atoms with Crippen LogP contribution in [0.3, 0.4) is 0 Å². The van der Waals surface area contributed by atoms with Gasteiger partial charge in [-0.25, -0.2) is 9.78 Å². The molecule has 1 saturated heterocycles. The van der Waals surface area contributed by atoms with E-state index in [2.05, 4.69) is 20.5 Å². The summed E-state index contributed by atoms with van der Waals surface area (Å²) in [5.41, 5.74) is 1.33. The molecule has 1 aliphatic heterocycles. The van der Waals surface area contributed by atoms with Gasteiger partial charge in [-0.1, -0.05) is 83.0 Å². The van der Waals surface area contributed by atoms with Crippen LogP contribution in [0.2, 0.25) is 0 Å². The van der Waals surface area contributed by atoms with Crippen molar-refractivity contribution >= 4 is 41.1 Å². The number of hydrogen-bond donors (Lipinski definition) is 3. The number of benzene rings is 1. The Balaban J connectivity index is 1.73. The van der Waals surface area contributed by atoms with E-state index in [0.29, 0.717) is 11.4 Å². The van der Waals surface area contributed by atoms with Gasteiger partial charge in [-0.15, -0.1) is 11.3 Å². The summed E-state index contributed by atoms with van der Waals surface area (Å²) in [4.78, 5) is 60.1. The third kappa shape index (κ3) is 10.9. The zero-order valence-electron chi connectivity index (χ0n) is 28.7. The summed E-state index contributed by atoms with van der Waals surface area (Å²) in [6, 6.07) is 7.87. The average molecular weight is 666 g/mol. The predicted octanol–water partition coefficient (Wildman–Crippen LogP) is 5.03. The molecule has 1 aromatic carbocycles. The number of thiazole rings is 1. The van der Waals surface area contributed by atoms with Crippen LogP contribution in [0.25, 0.3) is 6.08 Å². The first kappa shape index (κ1) is 37.6. The molecule has 1 fully saturated rings. The van der Waals surface area contributed by atoms with Gasteiger partial charge in [-0.2, -0.15) is 0 Å². The molecule has 2 heterocycles. The third-order valence-electron chi connectivity index (χ3n) is 8.92. The van der Waals surface area contributed by atoms with Crippen LogP contribution in [-0.2, 0) is 20.8 Å². The number of nitrogens with zero attached hydrogens (tertiary/aromatic N) is 3. The number of carbonyl (C=O) groups is 4. The van der Waals surface area contributed by atoms with Crippen molar-refractivity contribution in [2.75, 3.05) is 20.6 Å². The van der Waals surface area contributed by atoms with Gasteiger partial charge in [0.2, 0.25) is 11.8 Å². The van der Waals surface area contributed by atoms with Crippen LogP contribution in [0.5, 0.6) is 0 Å². The molecule has 0 radical (unpaired) electrons. The fourth-order valence-corrected chi connectivity index (χ4v) is 6.49. The Morgan fingerprint density at radius 2 is 1.83 bits per heavy atom. The Morgan fingerprint density at radius 1 is 1.13 bits per heavy atom. The van der Waals surface area contributed by atoms with Gasteiger partial charge in [0.05, 0.1) is 18.1 Å². The van der Waals surface area contributed by atoms with Crippen LogP contribution in [0.1, 0.15) is 81.4 Å².